The predicted molar refractivity (Wildman–Crippen MR) is 129 cm³/mol. The van der Waals surface area contributed by atoms with Gasteiger partial charge in [0.15, 0.2) is 5.82 Å². The molecular weight excluding hydrogens is 428 g/mol. The van der Waals surface area contributed by atoms with Gasteiger partial charge < -0.3 is 29.9 Å². The molecule has 1 fully saturated rings. The Morgan fingerprint density at radius 3 is 2.38 bits per heavy atom. The van der Waals surface area contributed by atoms with Crippen molar-refractivity contribution in [3.05, 3.63) is 53.7 Å². The third-order valence-electron chi connectivity index (χ3n) is 5.40. The maximum atomic E-state index is 6.38. The van der Waals surface area contributed by atoms with E-state index >= 15 is 0 Å². The highest BCUT2D eigenvalue weighted by Crippen LogP contribution is 2.34. The minimum Gasteiger partial charge on any atom is -0.495 e. The van der Waals surface area contributed by atoms with Crippen molar-refractivity contribution in [3.63, 3.8) is 0 Å². The number of nitrogens with zero attached hydrogens (tertiary/aromatic N) is 4. The number of benzene rings is 2. The molecule has 9 heteroatoms. The fraction of sp³-hybridized carbons (Fsp3) is 0.304. The van der Waals surface area contributed by atoms with E-state index in [1.165, 1.54) is 0 Å². The molecule has 1 aromatic heterocycles. The van der Waals surface area contributed by atoms with Crippen molar-refractivity contribution in [2.45, 2.75) is 0 Å². The first-order valence-corrected chi connectivity index (χ1v) is 10.8. The molecular formula is C23H27ClN6O2. The summed E-state index contributed by atoms with van der Waals surface area (Å²) in [6, 6.07) is 13.7. The van der Waals surface area contributed by atoms with Crippen molar-refractivity contribution in [1.82, 2.24) is 14.9 Å². The Bertz CT molecular complexity index is 1070. The Kier molecular flexibility index (Phi) is 6.82. The van der Waals surface area contributed by atoms with Crippen LogP contribution in [0.5, 0.6) is 11.5 Å². The van der Waals surface area contributed by atoms with Crippen LogP contribution in [0.15, 0.2) is 48.7 Å². The fourth-order valence-electron chi connectivity index (χ4n) is 3.56. The van der Waals surface area contributed by atoms with Crippen LogP contribution in [0.4, 0.5) is 28.8 Å². The first kappa shape index (κ1) is 22.0. The molecule has 32 heavy (non-hydrogen) atoms. The Hall–Kier alpha value is -3.23. The Labute approximate surface area is 193 Å². The van der Waals surface area contributed by atoms with Gasteiger partial charge in [-0.1, -0.05) is 23.7 Å². The van der Waals surface area contributed by atoms with Crippen LogP contribution in [-0.2, 0) is 0 Å². The van der Waals surface area contributed by atoms with Crippen LogP contribution in [0.1, 0.15) is 0 Å². The number of piperazine rings is 1. The third kappa shape index (κ3) is 4.98. The number of anilines is 5. The number of hydrogen-bond donors (Lipinski definition) is 2. The highest BCUT2D eigenvalue weighted by atomic mass is 35.5. The molecule has 1 aliphatic rings. The van der Waals surface area contributed by atoms with Crippen molar-refractivity contribution in [1.29, 1.82) is 0 Å². The molecule has 3 aromatic rings. The highest BCUT2D eigenvalue weighted by molar-refractivity contribution is 6.33. The number of methoxy groups -OCH3 is 2. The Morgan fingerprint density at radius 2 is 1.62 bits per heavy atom. The average Bonchev–Trinajstić information content (AvgIpc) is 2.82. The number of hydrogen-bond acceptors (Lipinski definition) is 8. The summed E-state index contributed by atoms with van der Waals surface area (Å²) < 4.78 is 11.0. The van der Waals surface area contributed by atoms with Gasteiger partial charge in [-0.2, -0.15) is 4.98 Å². The van der Waals surface area contributed by atoms with Crippen LogP contribution in [0.2, 0.25) is 5.02 Å². The zero-order valence-corrected chi connectivity index (χ0v) is 19.2. The molecule has 4 rings (SSSR count). The van der Waals surface area contributed by atoms with Crippen molar-refractivity contribution in [2.75, 3.05) is 63.0 Å². The minimum atomic E-state index is 0.398. The molecule has 0 atom stereocenters. The van der Waals surface area contributed by atoms with Crippen LogP contribution in [0.3, 0.4) is 0 Å². The quantitative estimate of drug-likeness (QED) is 0.544. The molecule has 168 valence electrons. The van der Waals surface area contributed by atoms with E-state index in [-0.39, 0.29) is 0 Å². The standard InChI is InChI=1S/C23H27ClN6O2/c1-29-10-12-30(13-11-29)16-8-9-19(21(14-16)32-3)26-22-17(24)15-25-23(28-22)27-18-6-4-5-7-20(18)31-2/h4-9,14-15H,10-13H2,1-3H3,(H2,25,26,27,28). The van der Waals surface area contributed by atoms with Gasteiger partial charge in [0.2, 0.25) is 5.95 Å². The molecule has 0 spiro atoms. The lowest BCUT2D eigenvalue weighted by Crippen LogP contribution is -2.44. The molecule has 0 radical (unpaired) electrons. The van der Waals surface area contributed by atoms with Crippen molar-refractivity contribution >= 4 is 40.4 Å². The SMILES string of the molecule is COc1ccccc1Nc1ncc(Cl)c(Nc2ccc(N3CCN(C)CC3)cc2OC)n1. The summed E-state index contributed by atoms with van der Waals surface area (Å²) in [6.45, 7) is 4.06. The van der Waals surface area contributed by atoms with Gasteiger partial charge in [0, 0.05) is 37.9 Å². The number of likely N-dealkylation sites (N-methyl/N-ethyl adjacent to an activating group) is 1. The van der Waals surface area contributed by atoms with Gasteiger partial charge in [0.1, 0.15) is 16.5 Å². The number of nitrogens with one attached hydrogen (secondary N) is 2. The lowest BCUT2D eigenvalue weighted by Gasteiger charge is -2.34. The summed E-state index contributed by atoms with van der Waals surface area (Å²) in [5, 5.41) is 6.85. The van der Waals surface area contributed by atoms with E-state index < -0.39 is 0 Å². The van der Waals surface area contributed by atoms with Crippen LogP contribution >= 0.6 is 11.6 Å². The van der Waals surface area contributed by atoms with Crippen LogP contribution in [0, 0.1) is 0 Å². The monoisotopic (exact) mass is 454 g/mol. The predicted octanol–water partition coefficient (Wildman–Crippen LogP) is 4.39. The van der Waals surface area contributed by atoms with E-state index in [0.717, 1.165) is 49.0 Å². The number of para-hydroxylation sites is 2. The fourth-order valence-corrected chi connectivity index (χ4v) is 3.69. The summed E-state index contributed by atoms with van der Waals surface area (Å²) in [4.78, 5) is 13.5. The van der Waals surface area contributed by atoms with Crippen LogP contribution in [-0.4, -0.2) is 62.3 Å². The van der Waals surface area contributed by atoms with E-state index in [4.69, 9.17) is 21.1 Å². The second kappa shape index (κ2) is 9.93. The topological polar surface area (TPSA) is 74.8 Å². The normalized spacial score (nSPS) is 14.2. The Morgan fingerprint density at radius 1 is 0.906 bits per heavy atom. The Balaban J connectivity index is 1.55. The molecule has 2 aromatic carbocycles. The molecule has 8 nitrogen and oxygen atoms in total. The van der Waals surface area contributed by atoms with Gasteiger partial charge in [-0.3, -0.25) is 0 Å². The van der Waals surface area contributed by atoms with Gasteiger partial charge >= 0.3 is 0 Å². The van der Waals surface area contributed by atoms with Gasteiger partial charge in [-0.15, -0.1) is 0 Å². The maximum Gasteiger partial charge on any atom is 0.229 e. The van der Waals surface area contributed by atoms with Gasteiger partial charge in [0.05, 0.1) is 31.8 Å². The van der Waals surface area contributed by atoms with E-state index in [1.807, 2.05) is 36.4 Å². The minimum absolute atomic E-state index is 0.398. The summed E-state index contributed by atoms with van der Waals surface area (Å²) in [5.74, 6) is 2.29. The lowest BCUT2D eigenvalue weighted by molar-refractivity contribution is 0.312. The van der Waals surface area contributed by atoms with E-state index in [2.05, 4.69) is 43.5 Å². The number of ether oxygens (including phenoxy) is 2. The molecule has 1 aliphatic heterocycles. The molecule has 0 saturated carbocycles. The maximum absolute atomic E-state index is 6.38. The van der Waals surface area contributed by atoms with Crippen LogP contribution < -0.4 is 25.0 Å². The first-order valence-electron chi connectivity index (χ1n) is 10.4. The zero-order valence-electron chi connectivity index (χ0n) is 18.4. The lowest BCUT2D eigenvalue weighted by atomic mass is 10.2. The summed E-state index contributed by atoms with van der Waals surface area (Å²) in [5.41, 5.74) is 2.67. The van der Waals surface area contributed by atoms with Gasteiger partial charge in [0.25, 0.3) is 0 Å². The van der Waals surface area contributed by atoms with Crippen molar-refractivity contribution < 1.29 is 9.47 Å². The largest absolute Gasteiger partial charge is 0.495 e. The van der Waals surface area contributed by atoms with Gasteiger partial charge in [-0.25, -0.2) is 4.98 Å². The number of halogens is 1. The molecule has 0 amide bonds. The molecule has 2 N–H and O–H groups in total. The molecule has 0 aliphatic carbocycles. The summed E-state index contributed by atoms with van der Waals surface area (Å²) in [6.07, 6.45) is 1.56. The smallest absolute Gasteiger partial charge is 0.229 e. The summed E-state index contributed by atoms with van der Waals surface area (Å²) in [7, 11) is 5.42. The average molecular weight is 455 g/mol. The van der Waals surface area contributed by atoms with Crippen molar-refractivity contribution in [3.8, 4) is 11.5 Å². The number of aromatic nitrogens is 2. The van der Waals surface area contributed by atoms with Crippen LogP contribution in [0.25, 0.3) is 0 Å². The van der Waals surface area contributed by atoms with E-state index in [0.29, 0.717) is 22.5 Å². The molecule has 0 unspecified atom stereocenters. The zero-order chi connectivity index (χ0) is 22.5. The van der Waals surface area contributed by atoms with E-state index in [1.54, 1.807) is 20.4 Å². The van der Waals surface area contributed by atoms with Crippen molar-refractivity contribution in [2.24, 2.45) is 0 Å². The number of rotatable bonds is 7. The third-order valence-corrected chi connectivity index (χ3v) is 5.68. The molecule has 1 saturated heterocycles. The second-order valence-electron chi connectivity index (χ2n) is 7.52. The molecule has 0 bridgehead atoms. The van der Waals surface area contributed by atoms with E-state index in [9.17, 15) is 0 Å². The van der Waals surface area contributed by atoms with Gasteiger partial charge in [-0.05, 0) is 31.3 Å². The highest BCUT2D eigenvalue weighted by Gasteiger charge is 2.17. The second-order valence-corrected chi connectivity index (χ2v) is 7.92. The first-order chi connectivity index (χ1) is 15.6. The molecule has 2 heterocycles. The summed E-state index contributed by atoms with van der Waals surface area (Å²) >= 11 is 6.38.